The van der Waals surface area contributed by atoms with Crippen molar-refractivity contribution >= 4 is 32.8 Å². The lowest BCUT2D eigenvalue weighted by atomic mass is 10.2. The molecule has 1 saturated heterocycles. The summed E-state index contributed by atoms with van der Waals surface area (Å²) < 4.78 is 27.2. The Hall–Kier alpha value is -1.09. The predicted octanol–water partition coefficient (Wildman–Crippen LogP) is 2.71. The molecule has 0 radical (unpaired) electrons. The molecule has 1 aliphatic rings. The van der Waals surface area contributed by atoms with E-state index >= 15 is 0 Å². The fourth-order valence-electron chi connectivity index (χ4n) is 3.09. The van der Waals surface area contributed by atoms with Crippen molar-refractivity contribution in [3.8, 4) is 0 Å². The quantitative estimate of drug-likeness (QED) is 0.674. The van der Waals surface area contributed by atoms with Gasteiger partial charge < -0.3 is 4.57 Å². The molecule has 0 N–H and O–H groups in total. The van der Waals surface area contributed by atoms with Crippen molar-refractivity contribution < 1.29 is 8.42 Å². The molecule has 1 aromatic carbocycles. The van der Waals surface area contributed by atoms with E-state index in [9.17, 15) is 8.42 Å². The van der Waals surface area contributed by atoms with Crippen LogP contribution in [-0.2, 0) is 16.7 Å². The summed E-state index contributed by atoms with van der Waals surface area (Å²) in [7, 11) is -3.09. The van der Waals surface area contributed by atoms with E-state index in [1.165, 1.54) is 12.7 Å². The standard InChI is InChI=1S/C18H28N4O2S2/c1-15(2)8-13-25-18-19-16-6-4-5-7-17(16)22(18)14-20-9-11-21(12-10-20)26(3,23)24/h4-7,15H,8-14H2,1-3H3. The van der Waals surface area contributed by atoms with Crippen LogP contribution >= 0.6 is 11.8 Å². The fourth-order valence-corrected chi connectivity index (χ4v) is 5.16. The third-order valence-electron chi connectivity index (χ3n) is 4.69. The van der Waals surface area contributed by atoms with Gasteiger partial charge in [0.25, 0.3) is 0 Å². The molecule has 0 atom stereocenters. The average molecular weight is 397 g/mol. The van der Waals surface area contributed by atoms with Gasteiger partial charge in [0.1, 0.15) is 0 Å². The van der Waals surface area contributed by atoms with Crippen LogP contribution < -0.4 is 0 Å². The summed E-state index contributed by atoms with van der Waals surface area (Å²) in [6, 6.07) is 8.24. The molecular weight excluding hydrogens is 368 g/mol. The minimum absolute atomic E-state index is 0.557. The minimum Gasteiger partial charge on any atom is -0.305 e. The van der Waals surface area contributed by atoms with Gasteiger partial charge in [0, 0.05) is 31.9 Å². The molecular formula is C18H28N4O2S2. The number of thioether (sulfide) groups is 1. The Morgan fingerprint density at radius 2 is 1.85 bits per heavy atom. The third-order valence-corrected chi connectivity index (χ3v) is 7.00. The van der Waals surface area contributed by atoms with Crippen LogP contribution in [0.1, 0.15) is 20.3 Å². The van der Waals surface area contributed by atoms with E-state index in [0.29, 0.717) is 19.0 Å². The third kappa shape index (κ3) is 4.79. The molecule has 2 aromatic rings. The lowest BCUT2D eigenvalue weighted by Crippen LogP contribution is -2.48. The lowest BCUT2D eigenvalue weighted by molar-refractivity contribution is 0.150. The summed E-state index contributed by atoms with van der Waals surface area (Å²) in [6.07, 6.45) is 2.45. The molecule has 1 aliphatic heterocycles. The predicted molar refractivity (Wildman–Crippen MR) is 108 cm³/mol. The van der Waals surface area contributed by atoms with Gasteiger partial charge in [-0.2, -0.15) is 4.31 Å². The van der Waals surface area contributed by atoms with Gasteiger partial charge in [-0.15, -0.1) is 0 Å². The van der Waals surface area contributed by atoms with Crippen LogP contribution in [0.3, 0.4) is 0 Å². The van der Waals surface area contributed by atoms with Crippen LogP contribution in [0.2, 0.25) is 0 Å². The van der Waals surface area contributed by atoms with Gasteiger partial charge in [-0.05, 0) is 24.5 Å². The number of piperazine rings is 1. The van der Waals surface area contributed by atoms with Crippen LogP contribution in [0.4, 0.5) is 0 Å². The van der Waals surface area contributed by atoms with Gasteiger partial charge in [-0.25, -0.2) is 13.4 Å². The number of imidazole rings is 1. The van der Waals surface area contributed by atoms with E-state index in [-0.39, 0.29) is 0 Å². The molecule has 8 heteroatoms. The van der Waals surface area contributed by atoms with E-state index in [0.717, 1.165) is 41.7 Å². The summed E-state index contributed by atoms with van der Waals surface area (Å²) in [6.45, 7) is 7.84. The zero-order valence-electron chi connectivity index (χ0n) is 15.8. The zero-order chi connectivity index (χ0) is 18.7. The first-order valence-electron chi connectivity index (χ1n) is 9.10. The van der Waals surface area contributed by atoms with Crippen molar-refractivity contribution in [2.24, 2.45) is 5.92 Å². The Labute approximate surface area is 160 Å². The van der Waals surface area contributed by atoms with Crippen molar-refractivity contribution in [2.75, 3.05) is 38.2 Å². The zero-order valence-corrected chi connectivity index (χ0v) is 17.4. The molecule has 1 fully saturated rings. The minimum atomic E-state index is -3.09. The van der Waals surface area contributed by atoms with Crippen LogP contribution in [0.15, 0.2) is 29.4 Å². The first-order chi connectivity index (χ1) is 12.3. The SMILES string of the molecule is CC(C)CCSc1nc2ccccc2n1CN1CCN(S(C)(=O)=O)CC1. The van der Waals surface area contributed by atoms with E-state index in [1.807, 2.05) is 23.9 Å². The maximum Gasteiger partial charge on any atom is 0.211 e. The molecule has 0 amide bonds. The Balaban J connectivity index is 1.74. The Bertz CT molecular complexity index is 840. The average Bonchev–Trinajstić information content (AvgIpc) is 2.92. The van der Waals surface area contributed by atoms with E-state index < -0.39 is 10.0 Å². The van der Waals surface area contributed by atoms with Crippen LogP contribution in [0.25, 0.3) is 11.0 Å². The summed E-state index contributed by atoms with van der Waals surface area (Å²) in [5.74, 6) is 1.74. The van der Waals surface area contributed by atoms with Crippen molar-refractivity contribution in [2.45, 2.75) is 32.1 Å². The monoisotopic (exact) mass is 396 g/mol. The number of benzene rings is 1. The van der Waals surface area contributed by atoms with E-state index in [4.69, 9.17) is 4.98 Å². The molecule has 0 bridgehead atoms. The first kappa shape index (κ1) is 19.7. The van der Waals surface area contributed by atoms with Gasteiger partial charge >= 0.3 is 0 Å². The Morgan fingerprint density at radius 1 is 1.15 bits per heavy atom. The van der Waals surface area contributed by atoms with Crippen LogP contribution in [-0.4, -0.2) is 65.4 Å². The summed E-state index contributed by atoms with van der Waals surface area (Å²) in [5, 5.41) is 1.05. The summed E-state index contributed by atoms with van der Waals surface area (Å²) in [4.78, 5) is 7.13. The van der Waals surface area contributed by atoms with Crippen molar-refractivity contribution in [1.29, 1.82) is 0 Å². The van der Waals surface area contributed by atoms with Gasteiger partial charge in [0.15, 0.2) is 5.16 Å². The van der Waals surface area contributed by atoms with Crippen molar-refractivity contribution in [3.05, 3.63) is 24.3 Å². The first-order valence-corrected chi connectivity index (χ1v) is 11.9. The number of hydrogen-bond donors (Lipinski definition) is 0. The highest BCUT2D eigenvalue weighted by Gasteiger charge is 2.24. The van der Waals surface area contributed by atoms with Crippen molar-refractivity contribution in [3.63, 3.8) is 0 Å². The number of sulfonamides is 1. The molecule has 26 heavy (non-hydrogen) atoms. The van der Waals surface area contributed by atoms with Crippen LogP contribution in [0.5, 0.6) is 0 Å². The van der Waals surface area contributed by atoms with Gasteiger partial charge in [-0.3, -0.25) is 4.90 Å². The molecule has 0 unspecified atom stereocenters. The maximum atomic E-state index is 11.7. The Morgan fingerprint density at radius 3 is 2.50 bits per heavy atom. The fraction of sp³-hybridized carbons (Fsp3) is 0.611. The second-order valence-corrected chi connectivity index (χ2v) is 10.3. The number of rotatable bonds is 7. The largest absolute Gasteiger partial charge is 0.305 e. The molecule has 144 valence electrons. The highest BCUT2D eigenvalue weighted by Crippen LogP contribution is 2.26. The molecule has 2 heterocycles. The summed E-state index contributed by atoms with van der Waals surface area (Å²) >= 11 is 1.81. The van der Waals surface area contributed by atoms with E-state index in [1.54, 1.807) is 4.31 Å². The van der Waals surface area contributed by atoms with Gasteiger partial charge in [0.05, 0.1) is 24.0 Å². The molecule has 1 aromatic heterocycles. The highest BCUT2D eigenvalue weighted by molar-refractivity contribution is 7.99. The second kappa shape index (κ2) is 8.29. The Kier molecular flexibility index (Phi) is 6.27. The molecule has 3 rings (SSSR count). The summed E-state index contributed by atoms with van der Waals surface area (Å²) in [5.41, 5.74) is 2.17. The smallest absolute Gasteiger partial charge is 0.211 e. The molecule has 0 spiro atoms. The molecule has 0 saturated carbocycles. The number of aromatic nitrogens is 2. The highest BCUT2D eigenvalue weighted by atomic mass is 32.2. The normalized spacial score (nSPS) is 17.4. The van der Waals surface area contributed by atoms with Crippen molar-refractivity contribution in [1.82, 2.24) is 18.8 Å². The lowest BCUT2D eigenvalue weighted by Gasteiger charge is -2.33. The number of nitrogens with zero attached hydrogens (tertiary/aromatic N) is 4. The number of hydrogen-bond acceptors (Lipinski definition) is 5. The van der Waals surface area contributed by atoms with Crippen LogP contribution in [0, 0.1) is 5.92 Å². The second-order valence-electron chi connectivity index (χ2n) is 7.26. The van der Waals surface area contributed by atoms with Gasteiger partial charge in [0.2, 0.25) is 10.0 Å². The molecule has 0 aliphatic carbocycles. The topological polar surface area (TPSA) is 58.4 Å². The maximum absolute atomic E-state index is 11.7. The van der Waals surface area contributed by atoms with Gasteiger partial charge in [-0.1, -0.05) is 37.7 Å². The number of para-hydroxylation sites is 2. The number of fused-ring (bicyclic) bond motifs is 1. The van der Waals surface area contributed by atoms with E-state index in [2.05, 4.69) is 35.4 Å². The molecule has 6 nitrogen and oxygen atoms in total.